The summed E-state index contributed by atoms with van der Waals surface area (Å²) in [6, 6.07) is 4.62. The summed E-state index contributed by atoms with van der Waals surface area (Å²) in [6.45, 7) is 4.67. The summed E-state index contributed by atoms with van der Waals surface area (Å²) in [5.41, 5.74) is 0.406. The zero-order chi connectivity index (χ0) is 14.4. The van der Waals surface area contributed by atoms with Gasteiger partial charge in [-0.1, -0.05) is 15.9 Å². The van der Waals surface area contributed by atoms with Gasteiger partial charge in [0.15, 0.2) is 0 Å². The van der Waals surface area contributed by atoms with Crippen LogP contribution in [0.25, 0.3) is 0 Å². The third-order valence-corrected chi connectivity index (χ3v) is 3.71. The number of rotatable bonds is 5. The molecular weight excluding hydrogens is 327 g/mol. The SMILES string of the molecule is O=C(Cc1cc(Br)ccc1F)NCCN1CCOCC1. The Labute approximate surface area is 126 Å². The van der Waals surface area contributed by atoms with Crippen LogP contribution in [0.1, 0.15) is 5.56 Å². The van der Waals surface area contributed by atoms with Gasteiger partial charge in [0.05, 0.1) is 19.6 Å². The molecule has 1 fully saturated rings. The maximum absolute atomic E-state index is 13.5. The molecule has 0 saturated carbocycles. The second kappa shape index (κ2) is 7.71. The van der Waals surface area contributed by atoms with Gasteiger partial charge in [0, 0.05) is 30.7 Å². The molecule has 6 heteroatoms. The van der Waals surface area contributed by atoms with Crippen molar-refractivity contribution >= 4 is 21.8 Å². The van der Waals surface area contributed by atoms with E-state index in [1.54, 1.807) is 12.1 Å². The first-order chi connectivity index (χ1) is 9.65. The Morgan fingerprint density at radius 1 is 1.40 bits per heavy atom. The summed E-state index contributed by atoms with van der Waals surface area (Å²) in [6.07, 6.45) is 0.0639. The average molecular weight is 345 g/mol. The van der Waals surface area contributed by atoms with Crippen LogP contribution in [0.2, 0.25) is 0 Å². The topological polar surface area (TPSA) is 41.6 Å². The minimum absolute atomic E-state index is 0.0639. The fourth-order valence-electron chi connectivity index (χ4n) is 2.09. The molecule has 0 aromatic heterocycles. The second-order valence-electron chi connectivity index (χ2n) is 4.72. The van der Waals surface area contributed by atoms with Crippen LogP contribution < -0.4 is 5.32 Å². The zero-order valence-electron chi connectivity index (χ0n) is 11.2. The number of carbonyl (C=O) groups is 1. The Balaban J connectivity index is 1.73. The van der Waals surface area contributed by atoms with Crippen molar-refractivity contribution in [2.45, 2.75) is 6.42 Å². The number of nitrogens with zero attached hydrogens (tertiary/aromatic N) is 1. The molecule has 0 radical (unpaired) electrons. The van der Waals surface area contributed by atoms with E-state index in [4.69, 9.17) is 4.74 Å². The highest BCUT2D eigenvalue weighted by Gasteiger charge is 2.11. The van der Waals surface area contributed by atoms with Gasteiger partial charge in [-0.3, -0.25) is 9.69 Å². The van der Waals surface area contributed by atoms with Gasteiger partial charge in [-0.25, -0.2) is 4.39 Å². The summed E-state index contributed by atoms with van der Waals surface area (Å²) in [5.74, 6) is -0.508. The molecule has 1 N–H and O–H groups in total. The third-order valence-electron chi connectivity index (χ3n) is 3.21. The van der Waals surface area contributed by atoms with Gasteiger partial charge >= 0.3 is 0 Å². The molecule has 20 heavy (non-hydrogen) atoms. The van der Waals surface area contributed by atoms with Crippen LogP contribution in [-0.4, -0.2) is 50.2 Å². The molecule has 1 aromatic rings. The first kappa shape index (κ1) is 15.4. The average Bonchev–Trinajstić information content (AvgIpc) is 2.44. The molecule has 2 rings (SSSR count). The highest BCUT2D eigenvalue weighted by Crippen LogP contribution is 2.15. The Kier molecular flexibility index (Phi) is 5.94. The predicted octanol–water partition coefficient (Wildman–Crippen LogP) is 1.58. The standard InChI is InChI=1S/C14H18BrFN2O2/c15-12-1-2-13(16)11(9-12)10-14(19)17-3-4-18-5-7-20-8-6-18/h1-2,9H,3-8,10H2,(H,17,19). The van der Waals surface area contributed by atoms with Crippen LogP contribution in [0.5, 0.6) is 0 Å². The number of hydrogen-bond donors (Lipinski definition) is 1. The lowest BCUT2D eigenvalue weighted by molar-refractivity contribution is -0.120. The molecule has 0 atom stereocenters. The van der Waals surface area contributed by atoms with Gasteiger partial charge < -0.3 is 10.1 Å². The van der Waals surface area contributed by atoms with E-state index in [1.807, 2.05) is 0 Å². The minimum atomic E-state index is -0.350. The molecule has 1 saturated heterocycles. The Hall–Kier alpha value is -0.980. The van der Waals surface area contributed by atoms with Gasteiger partial charge in [0.2, 0.25) is 5.91 Å². The van der Waals surface area contributed by atoms with Gasteiger partial charge in [-0.2, -0.15) is 0 Å². The summed E-state index contributed by atoms with van der Waals surface area (Å²) < 4.78 is 19.5. The van der Waals surface area contributed by atoms with Crippen LogP contribution in [0.4, 0.5) is 4.39 Å². The van der Waals surface area contributed by atoms with Crippen molar-refractivity contribution in [3.8, 4) is 0 Å². The molecule has 1 aromatic carbocycles. The number of morpholine rings is 1. The van der Waals surface area contributed by atoms with Gasteiger partial charge in [-0.05, 0) is 23.8 Å². The maximum atomic E-state index is 13.5. The Bertz CT molecular complexity index is 464. The molecule has 0 bridgehead atoms. The summed E-state index contributed by atoms with van der Waals surface area (Å²) in [7, 11) is 0. The van der Waals surface area contributed by atoms with Crippen LogP contribution in [0.3, 0.4) is 0 Å². The fourth-order valence-corrected chi connectivity index (χ4v) is 2.50. The number of hydrogen-bond acceptors (Lipinski definition) is 3. The van der Waals surface area contributed by atoms with E-state index in [-0.39, 0.29) is 18.1 Å². The van der Waals surface area contributed by atoms with Crippen molar-refractivity contribution in [3.63, 3.8) is 0 Å². The Morgan fingerprint density at radius 3 is 2.90 bits per heavy atom. The summed E-state index contributed by atoms with van der Waals surface area (Å²) in [4.78, 5) is 14.0. The van der Waals surface area contributed by atoms with Crippen molar-refractivity contribution in [1.82, 2.24) is 10.2 Å². The molecule has 0 aliphatic carbocycles. The number of ether oxygens (including phenoxy) is 1. The van der Waals surface area contributed by atoms with Crippen LogP contribution in [0, 0.1) is 5.82 Å². The normalized spacial score (nSPS) is 16.1. The smallest absolute Gasteiger partial charge is 0.224 e. The largest absolute Gasteiger partial charge is 0.379 e. The lowest BCUT2D eigenvalue weighted by atomic mass is 10.1. The summed E-state index contributed by atoms with van der Waals surface area (Å²) in [5, 5.41) is 2.82. The van der Waals surface area contributed by atoms with E-state index in [0.717, 1.165) is 37.3 Å². The van der Waals surface area contributed by atoms with Crippen LogP contribution >= 0.6 is 15.9 Å². The first-order valence-corrected chi connectivity index (χ1v) is 7.45. The predicted molar refractivity (Wildman–Crippen MR) is 78.1 cm³/mol. The molecule has 0 unspecified atom stereocenters. The van der Waals surface area contributed by atoms with Crippen molar-refractivity contribution in [1.29, 1.82) is 0 Å². The van der Waals surface area contributed by atoms with Gasteiger partial charge in [0.25, 0.3) is 0 Å². The minimum Gasteiger partial charge on any atom is -0.379 e. The number of halogens is 2. The van der Waals surface area contributed by atoms with Crippen LogP contribution in [0.15, 0.2) is 22.7 Å². The lowest BCUT2D eigenvalue weighted by Gasteiger charge is -2.26. The number of benzene rings is 1. The Morgan fingerprint density at radius 2 is 2.15 bits per heavy atom. The van der Waals surface area contributed by atoms with E-state index in [2.05, 4.69) is 26.1 Å². The molecule has 1 aliphatic rings. The molecule has 0 spiro atoms. The maximum Gasteiger partial charge on any atom is 0.224 e. The molecule has 1 aliphatic heterocycles. The zero-order valence-corrected chi connectivity index (χ0v) is 12.8. The van der Waals surface area contributed by atoms with E-state index < -0.39 is 0 Å². The van der Waals surface area contributed by atoms with Gasteiger partial charge in [-0.15, -0.1) is 0 Å². The van der Waals surface area contributed by atoms with Crippen molar-refractivity contribution in [2.24, 2.45) is 0 Å². The number of nitrogens with one attached hydrogen (secondary N) is 1. The monoisotopic (exact) mass is 344 g/mol. The number of amides is 1. The van der Waals surface area contributed by atoms with E-state index in [9.17, 15) is 9.18 Å². The van der Waals surface area contributed by atoms with E-state index in [0.29, 0.717) is 12.1 Å². The van der Waals surface area contributed by atoms with E-state index >= 15 is 0 Å². The van der Waals surface area contributed by atoms with Crippen molar-refractivity contribution in [2.75, 3.05) is 39.4 Å². The highest BCUT2D eigenvalue weighted by molar-refractivity contribution is 9.10. The van der Waals surface area contributed by atoms with Crippen LogP contribution in [-0.2, 0) is 16.0 Å². The lowest BCUT2D eigenvalue weighted by Crippen LogP contribution is -2.41. The van der Waals surface area contributed by atoms with Gasteiger partial charge in [0.1, 0.15) is 5.82 Å². The highest BCUT2D eigenvalue weighted by atomic mass is 79.9. The number of carbonyl (C=O) groups excluding carboxylic acids is 1. The summed E-state index contributed by atoms with van der Waals surface area (Å²) >= 11 is 3.27. The third kappa shape index (κ3) is 4.85. The molecule has 110 valence electrons. The molecule has 1 amide bonds. The van der Waals surface area contributed by atoms with Crippen molar-refractivity contribution < 1.29 is 13.9 Å². The van der Waals surface area contributed by atoms with E-state index in [1.165, 1.54) is 6.07 Å². The first-order valence-electron chi connectivity index (χ1n) is 6.66. The fraction of sp³-hybridized carbons (Fsp3) is 0.500. The molecule has 4 nitrogen and oxygen atoms in total. The van der Waals surface area contributed by atoms with Crippen molar-refractivity contribution in [3.05, 3.63) is 34.1 Å². The quantitative estimate of drug-likeness (QED) is 0.881. The molecule has 1 heterocycles. The molecular formula is C14H18BrFN2O2. The second-order valence-corrected chi connectivity index (χ2v) is 5.63.